The predicted molar refractivity (Wildman–Crippen MR) is 75.5 cm³/mol. The van der Waals surface area contributed by atoms with E-state index in [4.69, 9.17) is 0 Å². The van der Waals surface area contributed by atoms with Crippen LogP contribution >= 0.6 is 0 Å². The molecule has 17 heavy (non-hydrogen) atoms. The van der Waals surface area contributed by atoms with Gasteiger partial charge < -0.3 is 5.32 Å². The first kappa shape index (κ1) is 13.6. The molecule has 1 rings (SSSR count). The molecule has 2 nitrogen and oxygen atoms in total. The van der Waals surface area contributed by atoms with Crippen molar-refractivity contribution in [3.8, 4) is 0 Å². The summed E-state index contributed by atoms with van der Waals surface area (Å²) in [5.41, 5.74) is 5.09. The zero-order valence-corrected chi connectivity index (χ0v) is 11.1. The van der Waals surface area contributed by atoms with E-state index < -0.39 is 0 Å². The molecule has 0 saturated carbocycles. The Morgan fingerprint density at radius 1 is 1.53 bits per heavy atom. The van der Waals surface area contributed by atoms with E-state index in [-0.39, 0.29) is 11.8 Å². The van der Waals surface area contributed by atoms with Crippen molar-refractivity contribution in [1.29, 1.82) is 0 Å². The van der Waals surface area contributed by atoms with Crippen molar-refractivity contribution >= 4 is 19.2 Å². The van der Waals surface area contributed by atoms with E-state index in [0.29, 0.717) is 6.42 Å². The third-order valence-electron chi connectivity index (χ3n) is 2.99. The molecule has 0 fully saturated rings. The largest absolute Gasteiger partial charge is 0.333 e. The van der Waals surface area contributed by atoms with Crippen LogP contribution in [0, 0.1) is 13.8 Å². The summed E-state index contributed by atoms with van der Waals surface area (Å²) >= 11 is 0. The Hall–Kier alpha value is -1.51. The third kappa shape index (κ3) is 3.48. The number of rotatable bonds is 4. The van der Waals surface area contributed by atoms with Crippen LogP contribution in [0.1, 0.15) is 36.0 Å². The van der Waals surface area contributed by atoms with Gasteiger partial charge in [0, 0.05) is 6.42 Å². The second kappa shape index (κ2) is 5.71. The first-order valence-electron chi connectivity index (χ1n) is 5.93. The SMILES string of the molecule is Bc1cc(C)cc(C)c1C(C)CC(=O)NC=C. The minimum absolute atomic E-state index is 0.0203. The molecule has 0 saturated heterocycles. The number of carbonyl (C=O) groups excluding carboxylic acids is 1. The molecule has 0 heterocycles. The van der Waals surface area contributed by atoms with Crippen molar-refractivity contribution in [2.75, 3.05) is 0 Å². The van der Waals surface area contributed by atoms with Gasteiger partial charge in [-0.15, -0.1) is 0 Å². The zero-order chi connectivity index (χ0) is 13.0. The lowest BCUT2D eigenvalue weighted by atomic mass is 9.80. The molecule has 3 heteroatoms. The van der Waals surface area contributed by atoms with Crippen LogP contribution in [-0.2, 0) is 4.79 Å². The van der Waals surface area contributed by atoms with Gasteiger partial charge in [-0.25, -0.2) is 0 Å². The van der Waals surface area contributed by atoms with Crippen LogP contribution in [0.3, 0.4) is 0 Å². The lowest BCUT2D eigenvalue weighted by Gasteiger charge is -2.18. The van der Waals surface area contributed by atoms with Gasteiger partial charge in [0.15, 0.2) is 0 Å². The Bertz CT molecular complexity index is 417. The standard InChI is InChI=1S/C14H20BNO/c1-5-16-13(17)8-11(4)14-10(3)6-9(2)7-12(14)15/h5-7,11H,1,8,15H2,2-4H3,(H,16,17). The molecule has 0 radical (unpaired) electrons. The highest BCUT2D eigenvalue weighted by Crippen LogP contribution is 2.21. The molecule has 0 spiro atoms. The maximum Gasteiger partial charge on any atom is 0.224 e. The second-order valence-electron chi connectivity index (χ2n) is 4.69. The fraction of sp³-hybridized carbons (Fsp3) is 0.357. The second-order valence-corrected chi connectivity index (χ2v) is 4.69. The van der Waals surface area contributed by atoms with Gasteiger partial charge in [0.1, 0.15) is 7.85 Å². The monoisotopic (exact) mass is 229 g/mol. The molecule has 0 aromatic heterocycles. The first-order chi connectivity index (χ1) is 7.95. The molecule has 0 aliphatic carbocycles. The quantitative estimate of drug-likeness (QED) is 0.775. The van der Waals surface area contributed by atoms with Crippen LogP contribution in [-0.4, -0.2) is 13.8 Å². The zero-order valence-electron chi connectivity index (χ0n) is 11.1. The molecular weight excluding hydrogens is 209 g/mol. The van der Waals surface area contributed by atoms with Gasteiger partial charge in [0.25, 0.3) is 0 Å². The van der Waals surface area contributed by atoms with E-state index in [1.54, 1.807) is 0 Å². The molecule has 1 atom stereocenters. The van der Waals surface area contributed by atoms with Gasteiger partial charge in [-0.05, 0) is 37.1 Å². The van der Waals surface area contributed by atoms with Crippen LogP contribution < -0.4 is 10.8 Å². The maximum absolute atomic E-state index is 11.5. The molecule has 90 valence electrons. The lowest BCUT2D eigenvalue weighted by Crippen LogP contribution is -2.22. The van der Waals surface area contributed by atoms with Gasteiger partial charge in [-0.2, -0.15) is 0 Å². The summed E-state index contributed by atoms with van der Waals surface area (Å²) in [5.74, 6) is 0.252. The van der Waals surface area contributed by atoms with Gasteiger partial charge in [-0.3, -0.25) is 4.79 Å². The molecular formula is C14H20BNO. The molecule has 0 bridgehead atoms. The molecule has 1 amide bonds. The molecule has 0 aliphatic heterocycles. The Morgan fingerprint density at radius 2 is 2.18 bits per heavy atom. The summed E-state index contributed by atoms with van der Waals surface area (Å²) in [6.45, 7) is 9.79. The Balaban J connectivity index is 2.92. The Labute approximate surface area is 105 Å². The van der Waals surface area contributed by atoms with Crippen LogP contribution in [0.4, 0.5) is 0 Å². The van der Waals surface area contributed by atoms with E-state index in [9.17, 15) is 4.79 Å². The summed E-state index contributed by atoms with van der Waals surface area (Å²) in [6.07, 6.45) is 1.93. The lowest BCUT2D eigenvalue weighted by molar-refractivity contribution is -0.120. The molecule has 1 aromatic rings. The number of amides is 1. The molecule has 1 N–H and O–H groups in total. The van der Waals surface area contributed by atoms with E-state index in [1.165, 1.54) is 28.4 Å². The Morgan fingerprint density at radius 3 is 2.71 bits per heavy atom. The average molecular weight is 229 g/mol. The topological polar surface area (TPSA) is 29.1 Å². The number of aryl methyl sites for hydroxylation is 2. The number of benzene rings is 1. The summed E-state index contributed by atoms with van der Waals surface area (Å²) in [5, 5.41) is 2.62. The molecule has 1 aromatic carbocycles. The summed E-state index contributed by atoms with van der Waals surface area (Å²) in [7, 11) is 2.11. The molecule has 0 aliphatic rings. The third-order valence-corrected chi connectivity index (χ3v) is 2.99. The number of hydrogen-bond acceptors (Lipinski definition) is 1. The van der Waals surface area contributed by atoms with Crippen molar-refractivity contribution in [3.05, 3.63) is 41.6 Å². The molecule has 1 unspecified atom stereocenters. The van der Waals surface area contributed by atoms with E-state index in [1.807, 2.05) is 0 Å². The van der Waals surface area contributed by atoms with Crippen molar-refractivity contribution in [3.63, 3.8) is 0 Å². The number of carbonyl (C=O) groups is 1. The van der Waals surface area contributed by atoms with Crippen molar-refractivity contribution in [2.24, 2.45) is 0 Å². The predicted octanol–water partition coefficient (Wildman–Crippen LogP) is 1.32. The van der Waals surface area contributed by atoms with E-state index >= 15 is 0 Å². The minimum Gasteiger partial charge on any atom is -0.333 e. The van der Waals surface area contributed by atoms with Gasteiger partial charge in [-0.1, -0.05) is 36.7 Å². The number of hydrogen-bond donors (Lipinski definition) is 1. The smallest absolute Gasteiger partial charge is 0.224 e. The fourth-order valence-electron chi connectivity index (χ4n) is 2.52. The van der Waals surface area contributed by atoms with Crippen LogP contribution in [0.2, 0.25) is 0 Å². The highest BCUT2D eigenvalue weighted by molar-refractivity contribution is 6.33. The Kier molecular flexibility index (Phi) is 4.56. The van der Waals surface area contributed by atoms with Crippen molar-refractivity contribution < 1.29 is 4.79 Å². The van der Waals surface area contributed by atoms with Crippen LogP contribution in [0.15, 0.2) is 24.9 Å². The van der Waals surface area contributed by atoms with Crippen molar-refractivity contribution in [2.45, 2.75) is 33.1 Å². The summed E-state index contributed by atoms with van der Waals surface area (Å²) in [6, 6.07) is 4.34. The number of nitrogens with one attached hydrogen (secondary N) is 1. The average Bonchev–Trinajstić information content (AvgIpc) is 2.15. The van der Waals surface area contributed by atoms with E-state index in [0.717, 1.165) is 0 Å². The highest BCUT2D eigenvalue weighted by Gasteiger charge is 2.14. The van der Waals surface area contributed by atoms with Gasteiger partial charge >= 0.3 is 0 Å². The summed E-state index contributed by atoms with van der Waals surface area (Å²) < 4.78 is 0. The van der Waals surface area contributed by atoms with Gasteiger partial charge in [0.2, 0.25) is 5.91 Å². The fourth-order valence-corrected chi connectivity index (χ4v) is 2.52. The first-order valence-corrected chi connectivity index (χ1v) is 5.93. The normalized spacial score (nSPS) is 11.9. The highest BCUT2D eigenvalue weighted by atomic mass is 16.1. The van der Waals surface area contributed by atoms with Gasteiger partial charge in [0.05, 0.1) is 0 Å². The van der Waals surface area contributed by atoms with Crippen LogP contribution in [0.25, 0.3) is 0 Å². The maximum atomic E-state index is 11.5. The van der Waals surface area contributed by atoms with E-state index in [2.05, 4.69) is 52.6 Å². The minimum atomic E-state index is 0.0203. The van der Waals surface area contributed by atoms with Crippen LogP contribution in [0.5, 0.6) is 0 Å². The summed E-state index contributed by atoms with van der Waals surface area (Å²) in [4.78, 5) is 11.5. The van der Waals surface area contributed by atoms with Crippen molar-refractivity contribution in [1.82, 2.24) is 5.32 Å².